The maximum atomic E-state index is 13.1. The monoisotopic (exact) mass is 426 g/mol. The van der Waals surface area contributed by atoms with Crippen molar-refractivity contribution >= 4 is 11.7 Å². The van der Waals surface area contributed by atoms with Crippen molar-refractivity contribution in [1.82, 2.24) is 15.1 Å². The summed E-state index contributed by atoms with van der Waals surface area (Å²) in [5, 5.41) is 11.1. The molecule has 0 spiro atoms. The number of aromatic nitrogens is 2. The third-order valence-corrected chi connectivity index (χ3v) is 5.24. The molecule has 2 heterocycles. The molecule has 1 unspecified atom stereocenters. The average molecular weight is 426 g/mol. The third kappa shape index (κ3) is 4.60. The molecule has 0 aliphatic carbocycles. The van der Waals surface area contributed by atoms with Crippen LogP contribution in [-0.2, 0) is 0 Å². The number of hydrogen-bond donors (Lipinski definition) is 1. The highest BCUT2D eigenvalue weighted by molar-refractivity contribution is 5.91. The van der Waals surface area contributed by atoms with Gasteiger partial charge in [-0.1, -0.05) is 0 Å². The Morgan fingerprint density at radius 1 is 1.16 bits per heavy atom. The summed E-state index contributed by atoms with van der Waals surface area (Å²) in [7, 11) is 3.11. The smallest absolute Gasteiger partial charge is 0.321 e. The quantitative estimate of drug-likeness (QED) is 0.654. The van der Waals surface area contributed by atoms with E-state index in [4.69, 9.17) is 13.9 Å². The minimum atomic E-state index is -0.328. The minimum absolute atomic E-state index is 0.0704. The minimum Gasteiger partial charge on any atom is -0.497 e. The normalized spacial score (nSPS) is 16.1. The molecule has 2 amide bonds. The summed E-state index contributed by atoms with van der Waals surface area (Å²) in [6.45, 7) is 1.08. The van der Waals surface area contributed by atoms with E-state index in [-0.39, 0.29) is 17.8 Å². The number of likely N-dealkylation sites (tertiary alicyclic amines) is 1. The number of ether oxygens (including phenoxy) is 2. The second kappa shape index (κ2) is 9.03. The Bertz CT molecular complexity index is 1050. The van der Waals surface area contributed by atoms with Crippen LogP contribution in [0.3, 0.4) is 0 Å². The van der Waals surface area contributed by atoms with Crippen LogP contribution in [0.15, 0.2) is 46.9 Å². The number of methoxy groups -OCH3 is 2. The van der Waals surface area contributed by atoms with E-state index in [2.05, 4.69) is 15.5 Å². The molecule has 1 aliphatic rings. The van der Waals surface area contributed by atoms with Crippen molar-refractivity contribution in [3.05, 3.63) is 54.2 Å². The van der Waals surface area contributed by atoms with Crippen LogP contribution in [0, 0.1) is 5.82 Å². The summed E-state index contributed by atoms with van der Waals surface area (Å²) in [5.41, 5.74) is 1.21. The Morgan fingerprint density at radius 2 is 1.97 bits per heavy atom. The standard InChI is InChI=1S/C22H23FN4O4/c1-29-17-9-10-18(19(12-17)30-2)24-22(28)27-11-3-4-15(13-27)21-26-25-20(31-21)14-5-7-16(23)8-6-14/h5-10,12,15H,3-4,11,13H2,1-2H3,(H,24,28). The summed E-state index contributed by atoms with van der Waals surface area (Å²) in [6.07, 6.45) is 1.65. The molecule has 0 saturated carbocycles. The molecule has 1 fully saturated rings. The highest BCUT2D eigenvalue weighted by Gasteiger charge is 2.29. The van der Waals surface area contributed by atoms with Crippen LogP contribution in [0.25, 0.3) is 11.5 Å². The van der Waals surface area contributed by atoms with Crippen molar-refractivity contribution < 1.29 is 23.1 Å². The Morgan fingerprint density at radius 3 is 2.71 bits per heavy atom. The number of anilines is 1. The van der Waals surface area contributed by atoms with Crippen LogP contribution in [0.1, 0.15) is 24.7 Å². The molecule has 4 rings (SSSR count). The van der Waals surface area contributed by atoms with Gasteiger partial charge in [0.2, 0.25) is 11.8 Å². The molecule has 0 radical (unpaired) electrons. The number of rotatable bonds is 5. The van der Waals surface area contributed by atoms with Gasteiger partial charge in [0.1, 0.15) is 17.3 Å². The van der Waals surface area contributed by atoms with Gasteiger partial charge in [-0.05, 0) is 49.2 Å². The van der Waals surface area contributed by atoms with Gasteiger partial charge in [-0.25, -0.2) is 9.18 Å². The van der Waals surface area contributed by atoms with Gasteiger partial charge in [-0.3, -0.25) is 0 Å². The lowest BCUT2D eigenvalue weighted by Gasteiger charge is -2.31. The predicted octanol–water partition coefficient (Wildman–Crippen LogP) is 4.30. The van der Waals surface area contributed by atoms with Gasteiger partial charge in [0, 0.05) is 24.7 Å². The number of piperidine rings is 1. The molecule has 8 nitrogen and oxygen atoms in total. The highest BCUT2D eigenvalue weighted by atomic mass is 19.1. The summed E-state index contributed by atoms with van der Waals surface area (Å²) >= 11 is 0. The Balaban J connectivity index is 1.44. The Kier molecular flexibility index (Phi) is 6.01. The molecule has 0 bridgehead atoms. The largest absolute Gasteiger partial charge is 0.497 e. The van der Waals surface area contributed by atoms with E-state index in [1.807, 2.05) is 0 Å². The number of nitrogens with one attached hydrogen (secondary N) is 1. The molecule has 2 aromatic carbocycles. The molecular weight excluding hydrogens is 403 g/mol. The van der Waals surface area contributed by atoms with Crippen LogP contribution in [0.5, 0.6) is 11.5 Å². The lowest BCUT2D eigenvalue weighted by Crippen LogP contribution is -2.41. The lowest BCUT2D eigenvalue weighted by molar-refractivity contribution is 0.187. The maximum Gasteiger partial charge on any atom is 0.321 e. The molecule has 162 valence electrons. The second-order valence-electron chi connectivity index (χ2n) is 7.23. The fourth-order valence-electron chi connectivity index (χ4n) is 3.57. The van der Waals surface area contributed by atoms with Crippen LogP contribution < -0.4 is 14.8 Å². The summed E-state index contributed by atoms with van der Waals surface area (Å²) in [4.78, 5) is 14.6. The van der Waals surface area contributed by atoms with Gasteiger partial charge in [-0.15, -0.1) is 10.2 Å². The molecule has 1 atom stereocenters. The zero-order valence-electron chi connectivity index (χ0n) is 17.3. The number of carbonyl (C=O) groups is 1. The van der Waals surface area contributed by atoms with Crippen molar-refractivity contribution in [2.75, 3.05) is 32.6 Å². The molecule has 1 saturated heterocycles. The van der Waals surface area contributed by atoms with Crippen molar-refractivity contribution in [3.8, 4) is 23.0 Å². The van der Waals surface area contributed by atoms with Gasteiger partial charge in [0.15, 0.2) is 0 Å². The summed E-state index contributed by atoms with van der Waals surface area (Å²) in [6, 6.07) is 10.9. The molecule has 1 aliphatic heterocycles. The first kappa shape index (κ1) is 20.6. The van der Waals surface area contributed by atoms with Crippen LogP contribution >= 0.6 is 0 Å². The third-order valence-electron chi connectivity index (χ3n) is 5.24. The summed E-state index contributed by atoms with van der Waals surface area (Å²) in [5.74, 6) is 1.56. The van der Waals surface area contributed by atoms with Gasteiger partial charge in [0.05, 0.1) is 25.8 Å². The number of nitrogens with zero attached hydrogens (tertiary/aromatic N) is 3. The van der Waals surface area contributed by atoms with Gasteiger partial charge in [-0.2, -0.15) is 0 Å². The van der Waals surface area contributed by atoms with Crippen molar-refractivity contribution in [1.29, 1.82) is 0 Å². The van der Waals surface area contributed by atoms with E-state index in [0.29, 0.717) is 47.6 Å². The number of carbonyl (C=O) groups excluding carboxylic acids is 1. The van der Waals surface area contributed by atoms with Crippen LogP contribution in [0.4, 0.5) is 14.9 Å². The van der Waals surface area contributed by atoms with E-state index in [1.165, 1.54) is 19.2 Å². The van der Waals surface area contributed by atoms with Crippen molar-refractivity contribution in [3.63, 3.8) is 0 Å². The SMILES string of the molecule is COc1ccc(NC(=O)N2CCCC(c3nnc(-c4ccc(F)cc4)o3)C2)c(OC)c1. The van der Waals surface area contributed by atoms with E-state index < -0.39 is 0 Å². The van der Waals surface area contributed by atoms with E-state index in [9.17, 15) is 9.18 Å². The lowest BCUT2D eigenvalue weighted by atomic mass is 9.98. The van der Waals surface area contributed by atoms with E-state index in [1.54, 1.807) is 42.3 Å². The molecule has 1 N–H and O–H groups in total. The Labute approximate surface area is 179 Å². The first-order valence-corrected chi connectivity index (χ1v) is 9.94. The van der Waals surface area contributed by atoms with Crippen LogP contribution in [-0.4, -0.2) is 48.4 Å². The van der Waals surface area contributed by atoms with Crippen molar-refractivity contribution in [2.24, 2.45) is 0 Å². The first-order valence-electron chi connectivity index (χ1n) is 9.94. The molecular formula is C22H23FN4O4. The fraction of sp³-hybridized carbons (Fsp3) is 0.318. The number of halogens is 1. The van der Waals surface area contributed by atoms with E-state index >= 15 is 0 Å². The highest BCUT2D eigenvalue weighted by Crippen LogP contribution is 2.31. The summed E-state index contributed by atoms with van der Waals surface area (Å²) < 4.78 is 29.5. The van der Waals surface area contributed by atoms with Gasteiger partial charge < -0.3 is 24.1 Å². The number of urea groups is 1. The maximum absolute atomic E-state index is 13.1. The first-order chi connectivity index (χ1) is 15.1. The number of benzene rings is 2. The van der Waals surface area contributed by atoms with Gasteiger partial charge >= 0.3 is 6.03 Å². The molecule has 1 aromatic heterocycles. The van der Waals surface area contributed by atoms with Crippen molar-refractivity contribution in [2.45, 2.75) is 18.8 Å². The number of hydrogen-bond acceptors (Lipinski definition) is 6. The molecule has 31 heavy (non-hydrogen) atoms. The number of amides is 2. The topological polar surface area (TPSA) is 89.7 Å². The van der Waals surface area contributed by atoms with Gasteiger partial charge in [0.25, 0.3) is 0 Å². The molecule has 3 aromatic rings. The van der Waals surface area contributed by atoms with Crippen LogP contribution in [0.2, 0.25) is 0 Å². The zero-order valence-corrected chi connectivity index (χ0v) is 17.3. The Hall–Kier alpha value is -3.62. The predicted molar refractivity (Wildman–Crippen MR) is 112 cm³/mol. The zero-order chi connectivity index (χ0) is 21.8. The fourth-order valence-corrected chi connectivity index (χ4v) is 3.57. The van der Waals surface area contributed by atoms with E-state index in [0.717, 1.165) is 12.8 Å². The second-order valence-corrected chi connectivity index (χ2v) is 7.23. The molecule has 9 heteroatoms. The average Bonchev–Trinajstić information content (AvgIpc) is 3.30.